The number of hydrogen-bond donors (Lipinski definition) is 1. The van der Waals surface area contributed by atoms with Gasteiger partial charge >= 0.3 is 6.09 Å². The van der Waals surface area contributed by atoms with Gasteiger partial charge in [0.2, 0.25) is 0 Å². The van der Waals surface area contributed by atoms with Gasteiger partial charge in [0, 0.05) is 18.8 Å². The van der Waals surface area contributed by atoms with Gasteiger partial charge in [-0.25, -0.2) is 4.79 Å². The topological polar surface area (TPSA) is 61.9 Å². The van der Waals surface area contributed by atoms with E-state index in [4.69, 9.17) is 16.3 Å². The number of halogens is 1. The molecule has 2 unspecified atom stereocenters. The first-order valence-corrected chi connectivity index (χ1v) is 10.9. The molecule has 1 fully saturated rings. The second-order valence-electron chi connectivity index (χ2n) is 7.73. The summed E-state index contributed by atoms with van der Waals surface area (Å²) in [5, 5.41) is 2.82. The number of benzene rings is 1. The average Bonchev–Trinajstić information content (AvgIpc) is 3.26. The van der Waals surface area contributed by atoms with Gasteiger partial charge < -0.3 is 15.0 Å². The second kappa shape index (κ2) is 8.34. The largest absolute Gasteiger partial charge is 0.442 e. The highest BCUT2D eigenvalue weighted by molar-refractivity contribution is 7.17. The maximum atomic E-state index is 12.4. The van der Waals surface area contributed by atoms with Crippen LogP contribution in [-0.4, -0.2) is 56.2 Å². The highest BCUT2D eigenvalue weighted by atomic mass is 35.5. The molecule has 6 nitrogen and oxygen atoms in total. The quantitative estimate of drug-likeness (QED) is 0.797. The fourth-order valence-electron chi connectivity index (χ4n) is 3.97. The number of ether oxygens (including phenoxy) is 1. The lowest BCUT2D eigenvalue weighted by Crippen LogP contribution is -2.34. The molecule has 0 bridgehead atoms. The van der Waals surface area contributed by atoms with Crippen LogP contribution in [-0.2, 0) is 11.2 Å². The van der Waals surface area contributed by atoms with Crippen LogP contribution in [0.25, 0.3) is 0 Å². The van der Waals surface area contributed by atoms with E-state index in [9.17, 15) is 9.59 Å². The molecule has 1 N–H and O–H groups in total. The molecule has 0 spiro atoms. The van der Waals surface area contributed by atoms with Crippen molar-refractivity contribution in [1.82, 2.24) is 10.2 Å². The number of nitrogens with one attached hydrogen (secondary N) is 1. The molecule has 0 aliphatic carbocycles. The number of nitrogens with zero attached hydrogens (tertiary/aromatic N) is 2. The summed E-state index contributed by atoms with van der Waals surface area (Å²) in [6, 6.07) is 9.62. The molecule has 2 aliphatic rings. The van der Waals surface area contributed by atoms with Gasteiger partial charge in [0.1, 0.15) is 6.10 Å². The van der Waals surface area contributed by atoms with Gasteiger partial charge in [0.25, 0.3) is 5.91 Å². The predicted octanol–water partition coefficient (Wildman–Crippen LogP) is 3.75. The molecule has 2 aliphatic heterocycles. The van der Waals surface area contributed by atoms with E-state index in [1.54, 1.807) is 17.0 Å². The molecule has 154 valence electrons. The number of cyclic esters (lactones) is 1. The molecule has 29 heavy (non-hydrogen) atoms. The summed E-state index contributed by atoms with van der Waals surface area (Å²) in [6.07, 6.45) is 0.258. The van der Waals surface area contributed by atoms with E-state index in [0.717, 1.165) is 25.2 Å². The lowest BCUT2D eigenvalue weighted by Gasteiger charge is -2.19. The molecular formula is C21H24ClN3O3S. The van der Waals surface area contributed by atoms with Crippen molar-refractivity contribution in [1.29, 1.82) is 0 Å². The van der Waals surface area contributed by atoms with Gasteiger partial charge in [0.15, 0.2) is 0 Å². The Labute approximate surface area is 179 Å². The van der Waals surface area contributed by atoms with E-state index in [-0.39, 0.29) is 24.6 Å². The summed E-state index contributed by atoms with van der Waals surface area (Å²) in [7, 11) is 2.14. The first kappa shape index (κ1) is 20.2. The van der Waals surface area contributed by atoms with Crippen LogP contribution in [0.3, 0.4) is 0 Å². The Hall–Kier alpha value is -2.09. The lowest BCUT2D eigenvalue weighted by molar-refractivity contribution is 0.0920. The van der Waals surface area contributed by atoms with Crippen LogP contribution in [0.4, 0.5) is 10.5 Å². The van der Waals surface area contributed by atoms with Gasteiger partial charge in [-0.05, 0) is 54.8 Å². The second-order valence-corrected chi connectivity index (χ2v) is 9.44. The van der Waals surface area contributed by atoms with E-state index < -0.39 is 0 Å². The number of carbonyl (C=O) groups excluding carboxylic acids is 2. The third-order valence-electron chi connectivity index (χ3n) is 5.48. The Morgan fingerprint density at radius 3 is 2.90 bits per heavy atom. The zero-order valence-corrected chi connectivity index (χ0v) is 18.1. The molecule has 1 saturated heterocycles. The summed E-state index contributed by atoms with van der Waals surface area (Å²) in [5.74, 6) is 0.197. The fourth-order valence-corrected chi connectivity index (χ4v) is 4.93. The number of carbonyl (C=O) groups is 2. The van der Waals surface area contributed by atoms with E-state index in [1.165, 1.54) is 22.5 Å². The van der Waals surface area contributed by atoms with Gasteiger partial charge in [-0.1, -0.05) is 24.6 Å². The number of fused-ring (bicyclic) bond motifs is 1. The Balaban J connectivity index is 1.42. The summed E-state index contributed by atoms with van der Waals surface area (Å²) in [5.41, 5.74) is 3.49. The first-order chi connectivity index (χ1) is 13.9. The van der Waals surface area contributed by atoms with Crippen LogP contribution in [0.2, 0.25) is 4.34 Å². The van der Waals surface area contributed by atoms with Crippen LogP contribution in [0, 0.1) is 0 Å². The summed E-state index contributed by atoms with van der Waals surface area (Å²) < 4.78 is 6.04. The summed E-state index contributed by atoms with van der Waals surface area (Å²) in [4.78, 5) is 29.2. The third-order valence-corrected chi connectivity index (χ3v) is 6.71. The smallest absolute Gasteiger partial charge is 0.414 e. The molecule has 0 saturated carbocycles. The molecule has 0 radical (unpaired) electrons. The van der Waals surface area contributed by atoms with Gasteiger partial charge in [0.05, 0.1) is 22.3 Å². The number of hydrogen-bond acceptors (Lipinski definition) is 5. The molecule has 8 heteroatoms. The molecule has 2 aromatic rings. The van der Waals surface area contributed by atoms with Gasteiger partial charge in [-0.3, -0.25) is 9.69 Å². The van der Waals surface area contributed by atoms with Crippen LogP contribution in [0.15, 0.2) is 30.3 Å². The first-order valence-electron chi connectivity index (χ1n) is 9.74. The van der Waals surface area contributed by atoms with E-state index >= 15 is 0 Å². The zero-order valence-electron chi connectivity index (χ0n) is 16.5. The molecule has 1 aromatic heterocycles. The molecule has 1 aromatic carbocycles. The fraction of sp³-hybridized carbons (Fsp3) is 0.429. The van der Waals surface area contributed by atoms with E-state index in [1.807, 2.05) is 6.07 Å². The van der Waals surface area contributed by atoms with Crippen molar-refractivity contribution in [3.63, 3.8) is 0 Å². The van der Waals surface area contributed by atoms with Crippen molar-refractivity contribution in [3.8, 4) is 0 Å². The maximum Gasteiger partial charge on any atom is 0.414 e. The molecular weight excluding hydrogens is 410 g/mol. The van der Waals surface area contributed by atoms with Gasteiger partial charge in [-0.2, -0.15) is 0 Å². The van der Waals surface area contributed by atoms with Crippen LogP contribution in [0.5, 0.6) is 0 Å². The average molecular weight is 434 g/mol. The van der Waals surface area contributed by atoms with Crippen LogP contribution >= 0.6 is 22.9 Å². The minimum absolute atomic E-state index is 0.209. The van der Waals surface area contributed by atoms with Crippen LogP contribution in [0.1, 0.15) is 33.6 Å². The standard InChI is InChI=1S/C21H24ClN3O3S/c1-13-11-24(2)8-7-14-3-4-15(9-17(13)14)25-12-16(28-21(25)27)10-23-20(26)18-5-6-19(22)29-18/h3-6,9,13,16H,7-8,10-12H2,1-2H3,(H,23,26). The number of amides is 2. The van der Waals surface area contributed by atoms with Crippen molar-refractivity contribution in [2.24, 2.45) is 0 Å². The monoisotopic (exact) mass is 433 g/mol. The number of likely N-dealkylation sites (N-methyl/N-ethyl adjacent to an activating group) is 1. The molecule has 2 atom stereocenters. The Morgan fingerprint density at radius 1 is 1.31 bits per heavy atom. The van der Waals surface area contributed by atoms with Gasteiger partial charge in [-0.15, -0.1) is 11.3 Å². The molecule has 3 heterocycles. The van der Waals surface area contributed by atoms with Crippen LogP contribution < -0.4 is 10.2 Å². The summed E-state index contributed by atoms with van der Waals surface area (Å²) >= 11 is 7.10. The zero-order chi connectivity index (χ0) is 20.5. The SMILES string of the molecule is CC1CN(C)CCc2ccc(N3CC(CNC(=O)c4ccc(Cl)s4)OC3=O)cc21. The third kappa shape index (κ3) is 4.42. The highest BCUT2D eigenvalue weighted by Gasteiger charge is 2.33. The summed E-state index contributed by atoms with van der Waals surface area (Å²) in [6.45, 7) is 4.95. The number of thiophene rings is 1. The van der Waals surface area contributed by atoms with Crippen molar-refractivity contribution in [2.45, 2.75) is 25.4 Å². The molecule has 4 rings (SSSR count). The van der Waals surface area contributed by atoms with Crippen molar-refractivity contribution in [2.75, 3.05) is 38.1 Å². The van der Waals surface area contributed by atoms with E-state index in [0.29, 0.717) is 21.7 Å². The van der Waals surface area contributed by atoms with Crippen molar-refractivity contribution in [3.05, 3.63) is 50.7 Å². The van der Waals surface area contributed by atoms with E-state index in [2.05, 4.69) is 36.3 Å². The van der Waals surface area contributed by atoms with Crippen molar-refractivity contribution >= 4 is 40.6 Å². The van der Waals surface area contributed by atoms with Crippen molar-refractivity contribution < 1.29 is 14.3 Å². The maximum absolute atomic E-state index is 12.4. The Kier molecular flexibility index (Phi) is 5.81. The Bertz CT molecular complexity index is 932. The minimum atomic E-state index is -0.385. The molecule has 2 amide bonds. The predicted molar refractivity (Wildman–Crippen MR) is 115 cm³/mol. The number of rotatable bonds is 4. The highest BCUT2D eigenvalue weighted by Crippen LogP contribution is 2.31. The Morgan fingerprint density at radius 2 is 2.14 bits per heavy atom. The normalized spacial score (nSPS) is 22.2. The minimum Gasteiger partial charge on any atom is -0.442 e. The number of anilines is 1. The lowest BCUT2D eigenvalue weighted by atomic mass is 9.94.